The number of carbonyl (C=O) groups is 2. The van der Waals surface area contributed by atoms with Crippen LogP contribution >= 0.6 is 23.2 Å². The van der Waals surface area contributed by atoms with Gasteiger partial charge in [0.2, 0.25) is 0 Å². The first kappa shape index (κ1) is 26.0. The summed E-state index contributed by atoms with van der Waals surface area (Å²) in [6.45, 7) is 8.04. The Balaban J connectivity index is 1.84. The van der Waals surface area contributed by atoms with Crippen LogP contribution in [0.2, 0.25) is 10.0 Å². The largest absolute Gasteiger partial charge is 0.496 e. The molecule has 1 aliphatic heterocycles. The van der Waals surface area contributed by atoms with Crippen LogP contribution in [0.15, 0.2) is 54.6 Å². The van der Waals surface area contributed by atoms with E-state index in [1.54, 1.807) is 30.2 Å². The minimum atomic E-state index is -0.476. The molecule has 1 atom stereocenters. The number of imidazole rings is 1. The lowest BCUT2D eigenvalue weighted by molar-refractivity contribution is 0.0989. The Hall–Kier alpha value is -3.61. The summed E-state index contributed by atoms with van der Waals surface area (Å²) < 4.78 is 7.70. The van der Waals surface area contributed by atoms with Crippen molar-refractivity contribution in [3.63, 3.8) is 0 Å². The van der Waals surface area contributed by atoms with Gasteiger partial charge in [0.15, 0.2) is 5.69 Å². The third kappa shape index (κ3) is 4.18. The van der Waals surface area contributed by atoms with E-state index in [2.05, 4.69) is 4.57 Å². The number of hydrogen-bond donors (Lipinski definition) is 0. The van der Waals surface area contributed by atoms with Gasteiger partial charge in [-0.05, 0) is 86.8 Å². The molecule has 1 aromatic heterocycles. The van der Waals surface area contributed by atoms with Crippen LogP contribution < -0.4 is 9.64 Å². The summed E-state index contributed by atoms with van der Waals surface area (Å²) >= 11 is 12.7. The molecule has 1 aliphatic rings. The predicted octanol–water partition coefficient (Wildman–Crippen LogP) is 7.63. The summed E-state index contributed by atoms with van der Waals surface area (Å²) in [5.74, 6) is 0.907. The van der Waals surface area contributed by atoms with E-state index < -0.39 is 6.04 Å². The van der Waals surface area contributed by atoms with E-state index in [9.17, 15) is 9.59 Å². The molecule has 8 heteroatoms. The Kier molecular flexibility index (Phi) is 6.80. The Bertz CT molecular complexity index is 1590. The SMILES string of the molecule is COc1ccc(C=O)cc1-c1nc2c(n1C(C)C)C(c1ccc(Cl)cc1C)N(c1cc(Cl)ccc1C)C2=O. The highest BCUT2D eigenvalue weighted by Gasteiger charge is 2.45. The molecule has 0 N–H and O–H groups in total. The number of nitrogens with zero attached hydrogens (tertiary/aromatic N) is 3. The zero-order valence-corrected chi connectivity index (χ0v) is 23.3. The van der Waals surface area contributed by atoms with Crippen molar-refractivity contribution in [1.29, 1.82) is 0 Å². The van der Waals surface area contributed by atoms with Crippen molar-refractivity contribution in [2.75, 3.05) is 12.0 Å². The van der Waals surface area contributed by atoms with Crippen molar-refractivity contribution < 1.29 is 14.3 Å². The van der Waals surface area contributed by atoms with Gasteiger partial charge in [-0.15, -0.1) is 0 Å². The van der Waals surface area contributed by atoms with Gasteiger partial charge in [0.1, 0.15) is 23.9 Å². The highest BCUT2D eigenvalue weighted by molar-refractivity contribution is 6.31. The van der Waals surface area contributed by atoms with Crippen LogP contribution in [0.25, 0.3) is 11.4 Å². The van der Waals surface area contributed by atoms with Gasteiger partial charge in [-0.2, -0.15) is 0 Å². The molecule has 0 bridgehead atoms. The van der Waals surface area contributed by atoms with Gasteiger partial charge in [-0.1, -0.05) is 35.3 Å². The lowest BCUT2D eigenvalue weighted by Crippen LogP contribution is -2.31. The molecule has 0 aliphatic carbocycles. The number of carbonyl (C=O) groups excluding carboxylic acids is 2. The van der Waals surface area contributed by atoms with Crippen LogP contribution in [0, 0.1) is 13.8 Å². The van der Waals surface area contributed by atoms with Crippen LogP contribution in [-0.4, -0.2) is 28.9 Å². The van der Waals surface area contributed by atoms with E-state index in [0.29, 0.717) is 38.4 Å². The molecule has 1 unspecified atom stereocenters. The Morgan fingerprint density at radius 1 is 0.974 bits per heavy atom. The van der Waals surface area contributed by atoms with Crippen molar-refractivity contribution >= 4 is 41.1 Å². The number of anilines is 1. The second-order valence-electron chi connectivity index (χ2n) is 9.72. The molecule has 1 amide bonds. The molecule has 5 rings (SSSR count). The average Bonchev–Trinajstić information content (AvgIpc) is 3.40. The summed E-state index contributed by atoms with van der Waals surface area (Å²) in [6.07, 6.45) is 0.786. The maximum atomic E-state index is 14.2. The van der Waals surface area contributed by atoms with Crippen LogP contribution in [-0.2, 0) is 0 Å². The number of hydrogen-bond acceptors (Lipinski definition) is 4. The van der Waals surface area contributed by atoms with Gasteiger partial charge >= 0.3 is 0 Å². The first-order valence-electron chi connectivity index (χ1n) is 12.3. The number of fused-ring (bicyclic) bond motifs is 1. The highest BCUT2D eigenvalue weighted by Crippen LogP contribution is 2.47. The number of aromatic nitrogens is 2. The molecular weight excluding hydrogens is 521 g/mol. The zero-order valence-electron chi connectivity index (χ0n) is 21.8. The summed E-state index contributed by atoms with van der Waals surface area (Å²) in [4.78, 5) is 32.5. The van der Waals surface area contributed by atoms with Crippen LogP contribution in [0.3, 0.4) is 0 Å². The number of aryl methyl sites for hydroxylation is 2. The van der Waals surface area contributed by atoms with Crippen molar-refractivity contribution in [1.82, 2.24) is 9.55 Å². The minimum absolute atomic E-state index is 0.0610. The fourth-order valence-electron chi connectivity index (χ4n) is 5.23. The number of amides is 1. The number of aldehydes is 1. The molecule has 0 spiro atoms. The number of halogens is 2. The molecule has 38 heavy (non-hydrogen) atoms. The fraction of sp³-hybridized carbons (Fsp3) is 0.233. The monoisotopic (exact) mass is 547 g/mol. The van der Waals surface area contributed by atoms with E-state index in [4.69, 9.17) is 32.9 Å². The Morgan fingerprint density at radius 2 is 1.68 bits per heavy atom. The van der Waals surface area contributed by atoms with Crippen molar-refractivity contribution in [3.8, 4) is 17.1 Å². The third-order valence-electron chi connectivity index (χ3n) is 6.96. The molecule has 194 valence electrons. The predicted molar refractivity (Wildman–Crippen MR) is 151 cm³/mol. The van der Waals surface area contributed by atoms with Crippen LogP contribution in [0.4, 0.5) is 5.69 Å². The zero-order chi connectivity index (χ0) is 27.3. The smallest absolute Gasteiger partial charge is 0.279 e. The topological polar surface area (TPSA) is 64.4 Å². The lowest BCUT2D eigenvalue weighted by atomic mass is 9.97. The first-order valence-corrected chi connectivity index (χ1v) is 13.0. The first-order chi connectivity index (χ1) is 18.2. The van der Waals surface area contributed by atoms with E-state index >= 15 is 0 Å². The Labute approximate surface area is 231 Å². The minimum Gasteiger partial charge on any atom is -0.496 e. The van der Waals surface area contributed by atoms with Gasteiger partial charge in [-0.25, -0.2) is 4.98 Å². The average molecular weight is 548 g/mol. The van der Waals surface area contributed by atoms with E-state index in [1.807, 2.05) is 64.1 Å². The summed E-state index contributed by atoms with van der Waals surface area (Å²) in [6, 6.07) is 15.9. The molecule has 6 nitrogen and oxygen atoms in total. The molecule has 0 saturated heterocycles. The summed E-state index contributed by atoms with van der Waals surface area (Å²) in [5.41, 5.74) is 5.78. The van der Waals surface area contributed by atoms with Crippen molar-refractivity contribution in [2.24, 2.45) is 0 Å². The quantitative estimate of drug-likeness (QED) is 0.233. The maximum absolute atomic E-state index is 14.2. The van der Waals surface area contributed by atoms with Gasteiger partial charge in [-0.3, -0.25) is 14.5 Å². The summed E-state index contributed by atoms with van der Waals surface area (Å²) in [5, 5.41) is 1.16. The van der Waals surface area contributed by atoms with Crippen LogP contribution in [0.1, 0.15) is 69.2 Å². The molecule has 0 radical (unpaired) electrons. The Morgan fingerprint density at radius 3 is 2.34 bits per heavy atom. The van der Waals surface area contributed by atoms with Crippen molar-refractivity contribution in [3.05, 3.63) is 98.3 Å². The summed E-state index contributed by atoms with van der Waals surface area (Å²) in [7, 11) is 1.57. The number of rotatable bonds is 6. The molecule has 0 saturated carbocycles. The molecule has 0 fully saturated rings. The van der Waals surface area contributed by atoms with E-state index in [0.717, 1.165) is 34.4 Å². The normalized spacial score (nSPS) is 14.8. The number of methoxy groups -OCH3 is 1. The number of ether oxygens (including phenoxy) is 1. The maximum Gasteiger partial charge on any atom is 0.279 e. The molecular formula is C30H27Cl2N3O3. The van der Waals surface area contributed by atoms with Crippen LogP contribution in [0.5, 0.6) is 5.75 Å². The third-order valence-corrected chi connectivity index (χ3v) is 7.43. The van der Waals surface area contributed by atoms with Gasteiger partial charge in [0.25, 0.3) is 5.91 Å². The van der Waals surface area contributed by atoms with Gasteiger partial charge in [0, 0.05) is 27.3 Å². The second kappa shape index (κ2) is 9.93. The van der Waals surface area contributed by atoms with Gasteiger partial charge in [0.05, 0.1) is 18.4 Å². The molecule has 3 aromatic carbocycles. The molecule has 4 aromatic rings. The fourth-order valence-corrected chi connectivity index (χ4v) is 5.62. The standard InChI is InChI=1S/C30H27Cl2N3O3/c1-16(2)34-28-26(33-29(34)23-13-19(15-36)7-11-25(23)38-5)30(37)35(24-14-21(32)8-6-17(24)3)27(28)22-10-9-20(31)12-18(22)4/h6-16,27H,1-5H3. The highest BCUT2D eigenvalue weighted by atomic mass is 35.5. The van der Waals surface area contributed by atoms with E-state index in [-0.39, 0.29) is 11.9 Å². The lowest BCUT2D eigenvalue weighted by Gasteiger charge is -2.30. The van der Waals surface area contributed by atoms with Gasteiger partial charge < -0.3 is 9.30 Å². The van der Waals surface area contributed by atoms with Crippen molar-refractivity contribution in [2.45, 2.75) is 39.8 Å². The van der Waals surface area contributed by atoms with E-state index in [1.165, 1.54) is 0 Å². The second-order valence-corrected chi connectivity index (χ2v) is 10.6. The number of benzene rings is 3. The molecule has 2 heterocycles.